The minimum absolute atomic E-state index is 0. The number of hydrogen-bond acceptors (Lipinski definition) is 6. The third kappa shape index (κ3) is 6.86. The Morgan fingerprint density at radius 1 is 1.41 bits per heavy atom. The van der Waals surface area contributed by atoms with Crippen LogP contribution in [0.1, 0.15) is 31.7 Å². The van der Waals surface area contributed by atoms with E-state index in [4.69, 9.17) is 4.74 Å². The monoisotopic (exact) mass is 417 g/mol. The van der Waals surface area contributed by atoms with Crippen molar-refractivity contribution in [2.24, 2.45) is 0 Å². The molecular formula is C18H28ClN3O4S. The molecule has 1 aliphatic heterocycles. The zero-order chi connectivity index (χ0) is 18.9. The van der Waals surface area contributed by atoms with Crippen molar-refractivity contribution in [2.75, 3.05) is 32.5 Å². The Kier molecular flexibility index (Phi) is 10.5. The number of nitrogens with zero attached hydrogens (tertiary/aromatic N) is 2. The molecule has 0 bridgehead atoms. The first-order valence-electron chi connectivity index (χ1n) is 8.96. The van der Waals surface area contributed by atoms with Crippen molar-refractivity contribution in [3.8, 4) is 5.75 Å². The molecule has 0 aliphatic carbocycles. The number of nitrogens with one attached hydrogen (secondary N) is 1. The number of nitro benzene ring substituents is 1. The van der Waals surface area contributed by atoms with E-state index in [1.165, 1.54) is 24.9 Å². The van der Waals surface area contributed by atoms with Crippen LogP contribution in [0.3, 0.4) is 0 Å². The molecule has 27 heavy (non-hydrogen) atoms. The molecule has 1 aromatic rings. The maximum Gasteiger partial charge on any atom is 0.311 e. The number of carbonyl (C=O) groups excluding carboxylic acids is 1. The molecule has 0 atom stereocenters. The molecule has 0 spiro atoms. The van der Waals surface area contributed by atoms with Gasteiger partial charge in [0.05, 0.1) is 17.8 Å². The van der Waals surface area contributed by atoms with Gasteiger partial charge < -0.3 is 15.0 Å². The minimum Gasteiger partial charge on any atom is -0.490 e. The summed E-state index contributed by atoms with van der Waals surface area (Å²) in [7, 11) is 1.42. The van der Waals surface area contributed by atoms with E-state index < -0.39 is 4.92 Å². The van der Waals surface area contributed by atoms with Crippen molar-refractivity contribution in [2.45, 2.75) is 38.0 Å². The van der Waals surface area contributed by atoms with Crippen molar-refractivity contribution >= 4 is 35.8 Å². The summed E-state index contributed by atoms with van der Waals surface area (Å²) in [5.41, 5.74) is 0.776. The number of thioether (sulfide) groups is 1. The number of piperidine rings is 1. The predicted octanol–water partition coefficient (Wildman–Crippen LogP) is 3.25. The fourth-order valence-corrected chi connectivity index (χ4v) is 4.04. The number of methoxy groups -OCH3 is 1. The molecule has 1 amide bonds. The summed E-state index contributed by atoms with van der Waals surface area (Å²) in [5, 5.41) is 14.4. The molecule has 152 valence electrons. The molecule has 0 radical (unpaired) electrons. The lowest BCUT2D eigenvalue weighted by molar-refractivity contribution is -0.385. The van der Waals surface area contributed by atoms with Gasteiger partial charge in [-0.3, -0.25) is 14.9 Å². The van der Waals surface area contributed by atoms with Crippen LogP contribution in [0.25, 0.3) is 0 Å². The quantitative estimate of drug-likeness (QED) is 0.490. The first-order valence-corrected chi connectivity index (χ1v) is 10.1. The van der Waals surface area contributed by atoms with Crippen molar-refractivity contribution in [1.82, 2.24) is 10.2 Å². The van der Waals surface area contributed by atoms with E-state index in [-0.39, 0.29) is 29.8 Å². The summed E-state index contributed by atoms with van der Waals surface area (Å²) < 4.78 is 5.02. The second-order valence-corrected chi connectivity index (χ2v) is 7.31. The number of rotatable bonds is 9. The standard InChI is InChI=1S/C18H27N3O4S.ClH/c1-3-10-20(15-6-8-19-9-7-15)18(22)13-26-12-14-4-5-17(25-2)16(11-14)21(23)24;/h4-5,11,15,19H,3,6-10,12-13H2,1-2H3;1H. The Bertz CT molecular complexity index is 627. The molecule has 1 saturated heterocycles. The Hall–Kier alpha value is -1.51. The zero-order valence-electron chi connectivity index (χ0n) is 15.8. The lowest BCUT2D eigenvalue weighted by Gasteiger charge is -2.34. The van der Waals surface area contributed by atoms with Gasteiger partial charge in [0.1, 0.15) is 0 Å². The van der Waals surface area contributed by atoms with Crippen LogP contribution in [0.5, 0.6) is 5.75 Å². The topological polar surface area (TPSA) is 84.7 Å². The van der Waals surface area contributed by atoms with E-state index in [0.29, 0.717) is 17.5 Å². The van der Waals surface area contributed by atoms with Gasteiger partial charge in [0.25, 0.3) is 0 Å². The van der Waals surface area contributed by atoms with Gasteiger partial charge in [0.2, 0.25) is 5.91 Å². The van der Waals surface area contributed by atoms with Gasteiger partial charge in [-0.25, -0.2) is 0 Å². The molecule has 1 aromatic carbocycles. The van der Waals surface area contributed by atoms with Crippen LogP contribution < -0.4 is 10.1 Å². The van der Waals surface area contributed by atoms with Gasteiger partial charge >= 0.3 is 5.69 Å². The van der Waals surface area contributed by atoms with Crippen LogP contribution in [0.2, 0.25) is 0 Å². The average molecular weight is 418 g/mol. The van der Waals surface area contributed by atoms with E-state index in [1.54, 1.807) is 12.1 Å². The van der Waals surface area contributed by atoms with Gasteiger partial charge in [-0.1, -0.05) is 13.0 Å². The summed E-state index contributed by atoms with van der Waals surface area (Å²) in [6.07, 6.45) is 2.95. The summed E-state index contributed by atoms with van der Waals surface area (Å²) in [6, 6.07) is 5.26. The fourth-order valence-electron chi connectivity index (χ4n) is 3.18. The molecule has 1 N–H and O–H groups in total. The number of amides is 1. The molecule has 2 rings (SSSR count). The highest BCUT2D eigenvalue weighted by molar-refractivity contribution is 7.99. The normalized spacial score (nSPS) is 14.3. The smallest absolute Gasteiger partial charge is 0.311 e. The second-order valence-electron chi connectivity index (χ2n) is 6.32. The molecular weight excluding hydrogens is 390 g/mol. The third-order valence-electron chi connectivity index (χ3n) is 4.47. The number of hydrogen-bond donors (Lipinski definition) is 1. The van der Waals surface area contributed by atoms with Crippen molar-refractivity contribution in [3.05, 3.63) is 33.9 Å². The van der Waals surface area contributed by atoms with Crippen LogP contribution in [-0.2, 0) is 10.5 Å². The van der Waals surface area contributed by atoms with Gasteiger partial charge in [-0.2, -0.15) is 0 Å². The van der Waals surface area contributed by atoms with Gasteiger partial charge in [-0.05, 0) is 44.0 Å². The van der Waals surface area contributed by atoms with Crippen LogP contribution in [0.15, 0.2) is 18.2 Å². The maximum absolute atomic E-state index is 12.7. The molecule has 0 unspecified atom stereocenters. The Morgan fingerprint density at radius 3 is 2.70 bits per heavy atom. The number of carbonyl (C=O) groups is 1. The van der Waals surface area contributed by atoms with Crippen LogP contribution in [0.4, 0.5) is 5.69 Å². The van der Waals surface area contributed by atoms with Gasteiger partial charge in [-0.15, -0.1) is 24.2 Å². The summed E-state index contributed by atoms with van der Waals surface area (Å²) >= 11 is 1.50. The first-order chi connectivity index (χ1) is 12.6. The number of ether oxygens (including phenoxy) is 1. The van der Waals surface area contributed by atoms with Crippen LogP contribution in [-0.4, -0.2) is 54.3 Å². The predicted molar refractivity (Wildman–Crippen MR) is 111 cm³/mol. The molecule has 1 heterocycles. The highest BCUT2D eigenvalue weighted by Gasteiger charge is 2.24. The molecule has 7 nitrogen and oxygen atoms in total. The average Bonchev–Trinajstić information content (AvgIpc) is 2.66. The van der Waals surface area contributed by atoms with Gasteiger partial charge in [0.15, 0.2) is 5.75 Å². The number of nitro groups is 1. The second kappa shape index (κ2) is 12.0. The Morgan fingerprint density at radius 2 is 2.11 bits per heavy atom. The van der Waals surface area contributed by atoms with Gasteiger partial charge in [0, 0.05) is 24.4 Å². The Balaban J connectivity index is 0.00000364. The fraction of sp³-hybridized carbons (Fsp3) is 0.611. The third-order valence-corrected chi connectivity index (χ3v) is 5.46. The first kappa shape index (κ1) is 23.5. The Labute approximate surface area is 170 Å². The zero-order valence-corrected chi connectivity index (χ0v) is 17.4. The van der Waals surface area contributed by atoms with Crippen molar-refractivity contribution in [1.29, 1.82) is 0 Å². The van der Waals surface area contributed by atoms with Crippen LogP contribution in [0, 0.1) is 10.1 Å². The lowest BCUT2D eigenvalue weighted by atomic mass is 10.0. The highest BCUT2D eigenvalue weighted by atomic mass is 35.5. The van der Waals surface area contributed by atoms with Crippen molar-refractivity contribution < 1.29 is 14.5 Å². The minimum atomic E-state index is -0.446. The SMILES string of the molecule is CCCN(C(=O)CSCc1ccc(OC)c([N+](=O)[O-])c1)C1CCNCC1.Cl. The highest BCUT2D eigenvalue weighted by Crippen LogP contribution is 2.29. The number of halogens is 1. The van der Waals surface area contributed by atoms with Crippen LogP contribution >= 0.6 is 24.2 Å². The maximum atomic E-state index is 12.7. The summed E-state index contributed by atoms with van der Waals surface area (Å²) in [6.45, 7) is 4.80. The molecule has 0 aromatic heterocycles. The molecule has 1 fully saturated rings. The molecule has 9 heteroatoms. The van der Waals surface area contributed by atoms with E-state index in [2.05, 4.69) is 12.2 Å². The van der Waals surface area contributed by atoms with E-state index in [0.717, 1.165) is 44.5 Å². The summed E-state index contributed by atoms with van der Waals surface area (Å²) in [5.74, 6) is 1.36. The molecule has 0 saturated carbocycles. The largest absolute Gasteiger partial charge is 0.490 e. The van der Waals surface area contributed by atoms with Crippen molar-refractivity contribution in [3.63, 3.8) is 0 Å². The van der Waals surface area contributed by atoms with E-state index in [1.807, 2.05) is 4.90 Å². The number of benzene rings is 1. The van der Waals surface area contributed by atoms with E-state index in [9.17, 15) is 14.9 Å². The summed E-state index contributed by atoms with van der Waals surface area (Å²) in [4.78, 5) is 25.3. The lowest BCUT2D eigenvalue weighted by Crippen LogP contribution is -2.47. The molecule has 1 aliphatic rings. The van der Waals surface area contributed by atoms with E-state index >= 15 is 0 Å².